The Morgan fingerprint density at radius 2 is 1.95 bits per heavy atom. The van der Waals surface area contributed by atoms with Crippen molar-refractivity contribution in [1.82, 2.24) is 0 Å². The Balaban J connectivity index is 1.57. The average Bonchev–Trinajstić information content (AvgIpc) is 2.93. The van der Waals surface area contributed by atoms with Crippen LogP contribution in [0.1, 0.15) is 23.1 Å². The number of benzene rings is 2. The maximum Gasteiger partial charge on any atom is 0.147 e. The van der Waals surface area contributed by atoms with E-state index >= 15 is 0 Å². The molecule has 3 rings (SSSR count). The zero-order valence-corrected chi connectivity index (χ0v) is 13.3. The molecule has 2 aromatic rings. The molecule has 108 valence electrons. The van der Waals surface area contributed by atoms with E-state index in [-0.39, 0.29) is 5.78 Å². The predicted octanol–water partition coefficient (Wildman–Crippen LogP) is 4.73. The summed E-state index contributed by atoms with van der Waals surface area (Å²) in [4.78, 5) is 13.2. The van der Waals surface area contributed by atoms with E-state index in [1.165, 1.54) is 24.0 Å². The Hall–Kier alpha value is -1.25. The van der Waals surface area contributed by atoms with Crippen LogP contribution in [-0.4, -0.2) is 11.5 Å². The second-order valence-corrected chi connectivity index (χ2v) is 6.90. The molecule has 1 nitrogen and oxygen atoms in total. The highest BCUT2D eigenvalue weighted by Gasteiger charge is 2.12. The Morgan fingerprint density at radius 1 is 1.10 bits per heavy atom. The van der Waals surface area contributed by atoms with E-state index in [4.69, 9.17) is 11.6 Å². The molecule has 0 radical (unpaired) electrons. The third-order valence-corrected chi connectivity index (χ3v) is 5.05. The van der Waals surface area contributed by atoms with E-state index in [1.807, 2.05) is 24.3 Å². The van der Waals surface area contributed by atoms with Crippen LogP contribution in [0.2, 0.25) is 5.02 Å². The molecule has 0 atom stereocenters. The lowest BCUT2D eigenvalue weighted by Gasteiger charge is -2.05. The van der Waals surface area contributed by atoms with Crippen molar-refractivity contribution in [2.45, 2.75) is 30.6 Å². The molecule has 0 saturated carbocycles. The number of carbonyl (C=O) groups excluding carboxylic acids is 1. The first-order valence-corrected chi connectivity index (χ1v) is 8.58. The van der Waals surface area contributed by atoms with Crippen molar-refractivity contribution in [2.75, 3.05) is 5.75 Å². The van der Waals surface area contributed by atoms with Crippen LogP contribution in [-0.2, 0) is 24.1 Å². The van der Waals surface area contributed by atoms with Crippen molar-refractivity contribution < 1.29 is 4.79 Å². The van der Waals surface area contributed by atoms with Gasteiger partial charge in [0, 0.05) is 16.3 Å². The first-order chi connectivity index (χ1) is 10.2. The van der Waals surface area contributed by atoms with Crippen LogP contribution in [0.3, 0.4) is 0 Å². The Bertz CT molecular complexity index is 666. The molecule has 0 N–H and O–H groups in total. The number of fused-ring (bicyclic) bond motifs is 1. The van der Waals surface area contributed by atoms with Crippen molar-refractivity contribution >= 4 is 29.1 Å². The maximum atomic E-state index is 12.1. The number of carbonyl (C=O) groups is 1. The summed E-state index contributed by atoms with van der Waals surface area (Å²) in [5.41, 5.74) is 4.04. The number of aryl methyl sites for hydroxylation is 2. The predicted molar refractivity (Wildman–Crippen MR) is 89.4 cm³/mol. The molecular formula is C18H17ClOS. The first kappa shape index (κ1) is 14.7. The maximum absolute atomic E-state index is 12.1. The summed E-state index contributed by atoms with van der Waals surface area (Å²) in [5.74, 6) is 0.759. The van der Waals surface area contributed by atoms with Gasteiger partial charge in [-0.1, -0.05) is 35.9 Å². The molecule has 2 aromatic carbocycles. The normalized spacial score (nSPS) is 13.2. The van der Waals surface area contributed by atoms with E-state index < -0.39 is 0 Å². The summed E-state index contributed by atoms with van der Waals surface area (Å²) in [6, 6.07) is 14.1. The molecule has 0 saturated heterocycles. The van der Waals surface area contributed by atoms with Crippen LogP contribution < -0.4 is 0 Å². The van der Waals surface area contributed by atoms with Crippen molar-refractivity contribution in [3.63, 3.8) is 0 Å². The van der Waals surface area contributed by atoms with E-state index in [0.29, 0.717) is 17.2 Å². The lowest BCUT2D eigenvalue weighted by atomic mass is 10.0. The smallest absolute Gasteiger partial charge is 0.147 e. The second kappa shape index (κ2) is 6.67. The molecule has 21 heavy (non-hydrogen) atoms. The fraction of sp³-hybridized carbons (Fsp3) is 0.278. The van der Waals surface area contributed by atoms with Crippen LogP contribution in [0.5, 0.6) is 0 Å². The summed E-state index contributed by atoms with van der Waals surface area (Å²) in [5, 5.41) is 0.714. The number of rotatable bonds is 5. The number of hydrogen-bond acceptors (Lipinski definition) is 2. The number of thioether (sulfide) groups is 1. The summed E-state index contributed by atoms with van der Waals surface area (Å²) < 4.78 is 0. The van der Waals surface area contributed by atoms with Crippen LogP contribution in [0.4, 0.5) is 0 Å². The van der Waals surface area contributed by atoms with Crippen LogP contribution >= 0.6 is 23.4 Å². The van der Waals surface area contributed by atoms with Crippen LogP contribution in [0.25, 0.3) is 0 Å². The molecule has 0 aromatic heterocycles. The lowest BCUT2D eigenvalue weighted by Crippen LogP contribution is -2.06. The van der Waals surface area contributed by atoms with Gasteiger partial charge in [-0.2, -0.15) is 0 Å². The summed E-state index contributed by atoms with van der Waals surface area (Å²) in [6.07, 6.45) is 4.13. The summed E-state index contributed by atoms with van der Waals surface area (Å²) >= 11 is 7.50. The van der Waals surface area contributed by atoms with Gasteiger partial charge < -0.3 is 0 Å². The van der Waals surface area contributed by atoms with E-state index in [2.05, 4.69) is 18.2 Å². The Labute approximate surface area is 134 Å². The molecule has 3 heteroatoms. The fourth-order valence-electron chi connectivity index (χ4n) is 2.73. The van der Waals surface area contributed by atoms with Crippen molar-refractivity contribution in [1.29, 1.82) is 0 Å². The third kappa shape index (κ3) is 3.90. The molecule has 0 unspecified atom stereocenters. The molecule has 0 spiro atoms. The molecule has 0 aliphatic heterocycles. The van der Waals surface area contributed by atoms with Gasteiger partial charge in [-0.25, -0.2) is 0 Å². The van der Waals surface area contributed by atoms with Gasteiger partial charge in [0.1, 0.15) is 5.78 Å². The highest BCUT2D eigenvalue weighted by Crippen LogP contribution is 2.24. The molecule has 0 amide bonds. The lowest BCUT2D eigenvalue weighted by molar-refractivity contribution is -0.116. The minimum Gasteiger partial charge on any atom is -0.298 e. The van der Waals surface area contributed by atoms with Gasteiger partial charge in [0.25, 0.3) is 0 Å². The van der Waals surface area contributed by atoms with Gasteiger partial charge in [0.05, 0.1) is 5.75 Å². The first-order valence-electron chi connectivity index (χ1n) is 7.21. The minimum atomic E-state index is 0.262. The van der Waals surface area contributed by atoms with Gasteiger partial charge >= 0.3 is 0 Å². The number of hydrogen-bond donors (Lipinski definition) is 0. The molecule has 0 bridgehead atoms. The molecule has 1 aliphatic rings. The van der Waals surface area contributed by atoms with E-state index in [1.54, 1.807) is 11.8 Å². The summed E-state index contributed by atoms with van der Waals surface area (Å²) in [7, 11) is 0. The van der Waals surface area contributed by atoms with Crippen molar-refractivity contribution in [3.8, 4) is 0 Å². The van der Waals surface area contributed by atoms with Gasteiger partial charge in [-0.05, 0) is 54.2 Å². The van der Waals surface area contributed by atoms with Gasteiger partial charge in [-0.15, -0.1) is 11.8 Å². The zero-order chi connectivity index (χ0) is 14.7. The fourth-order valence-corrected chi connectivity index (χ4v) is 3.80. The van der Waals surface area contributed by atoms with Gasteiger partial charge in [-0.3, -0.25) is 4.79 Å². The molecule has 0 heterocycles. The van der Waals surface area contributed by atoms with Crippen molar-refractivity contribution in [3.05, 3.63) is 64.2 Å². The highest BCUT2D eigenvalue weighted by molar-refractivity contribution is 8.00. The SMILES string of the molecule is O=C(CSc1cccc(Cl)c1)Cc1ccc2c(c1)CCC2. The third-order valence-electron chi connectivity index (χ3n) is 3.76. The monoisotopic (exact) mass is 316 g/mol. The Morgan fingerprint density at radius 3 is 2.81 bits per heavy atom. The van der Waals surface area contributed by atoms with Gasteiger partial charge in [0.2, 0.25) is 0 Å². The topological polar surface area (TPSA) is 17.1 Å². The number of Topliss-reactive ketones (excluding diaryl/α,β-unsaturated/α-hetero) is 1. The minimum absolute atomic E-state index is 0.262. The quantitative estimate of drug-likeness (QED) is 0.742. The van der Waals surface area contributed by atoms with Gasteiger partial charge in [0.15, 0.2) is 0 Å². The number of halogens is 1. The standard InChI is InChI=1S/C18H17ClOS/c19-16-5-2-6-18(11-16)21-12-17(20)10-13-7-8-14-3-1-4-15(14)9-13/h2,5-9,11H,1,3-4,10,12H2. The van der Waals surface area contributed by atoms with Crippen LogP contribution in [0, 0.1) is 0 Å². The van der Waals surface area contributed by atoms with E-state index in [9.17, 15) is 4.79 Å². The van der Waals surface area contributed by atoms with Crippen molar-refractivity contribution in [2.24, 2.45) is 0 Å². The summed E-state index contributed by atoms with van der Waals surface area (Å²) in [6.45, 7) is 0. The van der Waals surface area contributed by atoms with Crippen LogP contribution in [0.15, 0.2) is 47.4 Å². The molecule has 0 fully saturated rings. The molecular weight excluding hydrogens is 300 g/mol. The molecule has 1 aliphatic carbocycles. The second-order valence-electron chi connectivity index (χ2n) is 5.42. The average molecular weight is 317 g/mol. The highest BCUT2D eigenvalue weighted by atomic mass is 35.5. The zero-order valence-electron chi connectivity index (χ0n) is 11.8. The Kier molecular flexibility index (Phi) is 4.67. The number of ketones is 1. The van der Waals surface area contributed by atoms with E-state index in [0.717, 1.165) is 16.9 Å². The largest absolute Gasteiger partial charge is 0.298 e.